The minimum absolute atomic E-state index is 0.172. The van der Waals surface area contributed by atoms with E-state index < -0.39 is 0 Å². The van der Waals surface area contributed by atoms with Gasteiger partial charge in [0.15, 0.2) is 5.16 Å². The number of nitrogens with one attached hydrogen (secondary N) is 1. The maximum absolute atomic E-state index is 5.90. The predicted octanol–water partition coefficient (Wildman–Crippen LogP) is 4.00. The van der Waals surface area contributed by atoms with Gasteiger partial charge in [0.25, 0.3) is 0 Å². The van der Waals surface area contributed by atoms with E-state index in [-0.39, 0.29) is 5.95 Å². The van der Waals surface area contributed by atoms with E-state index in [0.717, 1.165) is 22.1 Å². The first-order valence-electron chi connectivity index (χ1n) is 9.42. The van der Waals surface area contributed by atoms with Crippen molar-refractivity contribution in [2.45, 2.75) is 31.7 Å². The van der Waals surface area contributed by atoms with Crippen LogP contribution in [0.15, 0.2) is 53.9 Å². The Hall–Kier alpha value is -3.46. The third-order valence-electron chi connectivity index (χ3n) is 4.48. The highest BCUT2D eigenvalue weighted by Gasteiger charge is 2.12. The summed E-state index contributed by atoms with van der Waals surface area (Å²) >= 11 is 1.50. The standard InChI is InChI=1S/C21H22N8S/c1-13-5-8-16(9-6-13)24-20-26-18(25-19(22)27-20)11-30-21-28-23-12-29(21)17-10-14(2)4-7-15(17)3/h4-10,12H,11H2,1-3H3,(H3,22,24,25,26,27). The van der Waals surface area contributed by atoms with Crippen molar-refractivity contribution in [1.29, 1.82) is 0 Å². The van der Waals surface area contributed by atoms with E-state index in [2.05, 4.69) is 62.5 Å². The molecule has 0 aliphatic carbocycles. The van der Waals surface area contributed by atoms with Crippen LogP contribution < -0.4 is 11.1 Å². The highest BCUT2D eigenvalue weighted by Crippen LogP contribution is 2.25. The summed E-state index contributed by atoms with van der Waals surface area (Å²) < 4.78 is 1.98. The lowest BCUT2D eigenvalue weighted by molar-refractivity contribution is 0.873. The molecule has 0 unspecified atom stereocenters. The van der Waals surface area contributed by atoms with E-state index >= 15 is 0 Å². The molecule has 0 aliphatic heterocycles. The number of nitrogens with zero attached hydrogens (tertiary/aromatic N) is 6. The fraction of sp³-hybridized carbons (Fsp3) is 0.190. The Labute approximate surface area is 179 Å². The van der Waals surface area contributed by atoms with Crippen LogP contribution in [-0.4, -0.2) is 29.7 Å². The van der Waals surface area contributed by atoms with Crippen molar-refractivity contribution in [1.82, 2.24) is 29.7 Å². The summed E-state index contributed by atoms with van der Waals surface area (Å²) in [6, 6.07) is 14.3. The van der Waals surface area contributed by atoms with Gasteiger partial charge < -0.3 is 11.1 Å². The van der Waals surface area contributed by atoms with Crippen LogP contribution in [0.3, 0.4) is 0 Å². The zero-order chi connectivity index (χ0) is 21.1. The van der Waals surface area contributed by atoms with E-state index in [1.54, 1.807) is 6.33 Å². The number of anilines is 3. The number of thioether (sulfide) groups is 1. The molecule has 0 spiro atoms. The number of nitrogens with two attached hydrogens (primary N) is 1. The molecule has 30 heavy (non-hydrogen) atoms. The molecule has 152 valence electrons. The average Bonchev–Trinajstić information content (AvgIpc) is 3.18. The van der Waals surface area contributed by atoms with E-state index in [1.807, 2.05) is 35.8 Å². The molecule has 2 aromatic carbocycles. The van der Waals surface area contributed by atoms with E-state index in [4.69, 9.17) is 5.73 Å². The third-order valence-corrected chi connectivity index (χ3v) is 5.42. The first-order chi connectivity index (χ1) is 14.5. The zero-order valence-electron chi connectivity index (χ0n) is 17.0. The molecule has 9 heteroatoms. The van der Waals surface area contributed by atoms with Crippen LogP contribution in [0, 0.1) is 20.8 Å². The Morgan fingerprint density at radius 1 is 0.967 bits per heavy atom. The number of benzene rings is 2. The molecule has 0 atom stereocenters. The molecule has 8 nitrogen and oxygen atoms in total. The van der Waals surface area contributed by atoms with Crippen molar-refractivity contribution in [3.63, 3.8) is 0 Å². The zero-order valence-corrected chi connectivity index (χ0v) is 17.8. The van der Waals surface area contributed by atoms with Gasteiger partial charge in [-0.1, -0.05) is 41.6 Å². The highest BCUT2D eigenvalue weighted by molar-refractivity contribution is 7.98. The normalized spacial score (nSPS) is 10.9. The summed E-state index contributed by atoms with van der Waals surface area (Å²) in [4.78, 5) is 12.9. The first-order valence-corrected chi connectivity index (χ1v) is 10.4. The van der Waals surface area contributed by atoms with Gasteiger partial charge >= 0.3 is 0 Å². The second-order valence-electron chi connectivity index (χ2n) is 6.99. The molecule has 4 rings (SSSR count). The molecule has 2 heterocycles. The second kappa shape index (κ2) is 8.50. The maximum atomic E-state index is 5.90. The Balaban J connectivity index is 1.52. The van der Waals surface area contributed by atoms with Crippen LogP contribution in [0.5, 0.6) is 0 Å². The van der Waals surface area contributed by atoms with E-state index in [9.17, 15) is 0 Å². The molecular formula is C21H22N8S. The number of aromatic nitrogens is 6. The van der Waals surface area contributed by atoms with Crippen LogP contribution in [0.4, 0.5) is 17.6 Å². The van der Waals surface area contributed by atoms with Crippen molar-refractivity contribution in [2.24, 2.45) is 0 Å². The van der Waals surface area contributed by atoms with Crippen LogP contribution in [-0.2, 0) is 5.75 Å². The molecule has 3 N–H and O–H groups in total. The van der Waals surface area contributed by atoms with Crippen molar-refractivity contribution in [3.05, 3.63) is 71.3 Å². The molecule has 2 aromatic heterocycles. The molecule has 4 aromatic rings. The minimum atomic E-state index is 0.172. The minimum Gasteiger partial charge on any atom is -0.368 e. The first kappa shape index (κ1) is 19.8. The number of hydrogen-bond donors (Lipinski definition) is 2. The molecule has 0 radical (unpaired) electrons. The quantitative estimate of drug-likeness (QED) is 0.453. The van der Waals surface area contributed by atoms with Gasteiger partial charge in [-0.15, -0.1) is 10.2 Å². The Morgan fingerprint density at radius 2 is 1.73 bits per heavy atom. The van der Waals surface area contributed by atoms with Gasteiger partial charge in [0.2, 0.25) is 11.9 Å². The molecule has 0 fully saturated rings. The molecule has 0 bridgehead atoms. The van der Waals surface area contributed by atoms with E-state index in [0.29, 0.717) is 17.5 Å². The van der Waals surface area contributed by atoms with Crippen molar-refractivity contribution < 1.29 is 0 Å². The van der Waals surface area contributed by atoms with Crippen LogP contribution in [0.1, 0.15) is 22.5 Å². The van der Waals surface area contributed by atoms with Gasteiger partial charge in [-0.25, -0.2) is 0 Å². The van der Waals surface area contributed by atoms with Gasteiger partial charge in [0.05, 0.1) is 11.4 Å². The predicted molar refractivity (Wildman–Crippen MR) is 119 cm³/mol. The smallest absolute Gasteiger partial charge is 0.232 e. The van der Waals surface area contributed by atoms with Gasteiger partial charge in [0.1, 0.15) is 12.2 Å². The van der Waals surface area contributed by atoms with Crippen molar-refractivity contribution in [3.8, 4) is 5.69 Å². The van der Waals surface area contributed by atoms with Gasteiger partial charge in [0, 0.05) is 5.69 Å². The van der Waals surface area contributed by atoms with Gasteiger partial charge in [-0.05, 0) is 50.1 Å². The summed E-state index contributed by atoms with van der Waals surface area (Å²) in [6.07, 6.45) is 1.72. The van der Waals surface area contributed by atoms with Crippen LogP contribution in [0.2, 0.25) is 0 Å². The van der Waals surface area contributed by atoms with Crippen molar-refractivity contribution >= 4 is 29.3 Å². The largest absolute Gasteiger partial charge is 0.368 e. The van der Waals surface area contributed by atoms with Crippen molar-refractivity contribution in [2.75, 3.05) is 11.1 Å². The van der Waals surface area contributed by atoms with Crippen LogP contribution >= 0.6 is 11.8 Å². The number of hydrogen-bond acceptors (Lipinski definition) is 8. The Bertz CT molecular complexity index is 1170. The van der Waals surface area contributed by atoms with Crippen LogP contribution in [0.25, 0.3) is 5.69 Å². The summed E-state index contributed by atoms with van der Waals surface area (Å²) in [5, 5.41) is 12.3. The fourth-order valence-corrected chi connectivity index (χ4v) is 3.70. The molecule has 0 saturated heterocycles. The molecule has 0 aliphatic rings. The number of aryl methyl sites for hydroxylation is 3. The molecular weight excluding hydrogens is 396 g/mol. The fourth-order valence-electron chi connectivity index (χ4n) is 2.92. The summed E-state index contributed by atoms with van der Waals surface area (Å²) in [5.41, 5.74) is 11.4. The van der Waals surface area contributed by atoms with E-state index in [1.165, 1.54) is 22.9 Å². The molecule has 0 amide bonds. The monoisotopic (exact) mass is 418 g/mol. The average molecular weight is 419 g/mol. The SMILES string of the molecule is Cc1ccc(Nc2nc(N)nc(CSc3nncn3-c3cc(C)ccc3C)n2)cc1. The lowest BCUT2D eigenvalue weighted by Gasteiger charge is -2.10. The van der Waals surface area contributed by atoms with Gasteiger partial charge in [-0.3, -0.25) is 4.57 Å². The Morgan fingerprint density at radius 3 is 2.53 bits per heavy atom. The summed E-state index contributed by atoms with van der Waals surface area (Å²) in [7, 11) is 0. The third kappa shape index (κ3) is 4.57. The highest BCUT2D eigenvalue weighted by atomic mass is 32.2. The summed E-state index contributed by atoms with van der Waals surface area (Å²) in [6.45, 7) is 6.17. The number of rotatable bonds is 6. The lowest BCUT2D eigenvalue weighted by Crippen LogP contribution is -2.07. The maximum Gasteiger partial charge on any atom is 0.232 e. The van der Waals surface area contributed by atoms with Gasteiger partial charge in [-0.2, -0.15) is 15.0 Å². The topological polar surface area (TPSA) is 107 Å². The second-order valence-corrected chi connectivity index (χ2v) is 7.93. The Kier molecular flexibility index (Phi) is 5.62. The number of nitrogen functional groups attached to an aromatic ring is 1. The molecule has 0 saturated carbocycles. The lowest BCUT2D eigenvalue weighted by atomic mass is 10.1. The summed E-state index contributed by atoms with van der Waals surface area (Å²) in [5.74, 6) is 1.64.